The molecule has 0 aromatic carbocycles. The van der Waals surface area contributed by atoms with Crippen LogP contribution in [0.5, 0.6) is 0 Å². The fourth-order valence-corrected chi connectivity index (χ4v) is 2.12. The summed E-state index contributed by atoms with van der Waals surface area (Å²) in [6.07, 6.45) is 12.6. The molecule has 0 aliphatic rings. The molecule has 0 heterocycles. The lowest BCUT2D eigenvalue weighted by molar-refractivity contribution is -0.138. The van der Waals surface area contributed by atoms with Gasteiger partial charge in [-0.25, -0.2) is 4.79 Å². The van der Waals surface area contributed by atoms with E-state index in [1.165, 1.54) is 58.3 Å². The molecule has 0 aliphatic carbocycles. The zero-order valence-corrected chi connectivity index (χ0v) is 13.6. The average Bonchev–Trinajstić information content (AvgIpc) is 2.44. The molecule has 2 amide bonds. The molecule has 0 fully saturated rings. The molecule has 0 spiro atoms. The van der Waals surface area contributed by atoms with Crippen LogP contribution in [0.25, 0.3) is 0 Å². The highest BCUT2D eigenvalue weighted by molar-refractivity contribution is 5.82. The second kappa shape index (κ2) is 13.7. The molecule has 0 saturated carbocycles. The number of rotatable bonds is 13. The lowest BCUT2D eigenvalue weighted by Crippen LogP contribution is -2.44. The van der Waals surface area contributed by atoms with Gasteiger partial charge in [-0.15, -0.1) is 0 Å². The normalized spacial score (nSPS) is 11.9. The summed E-state index contributed by atoms with van der Waals surface area (Å²) in [5.74, 6) is -1.02. The molecule has 0 aromatic rings. The van der Waals surface area contributed by atoms with Crippen LogP contribution in [0.3, 0.4) is 0 Å². The molecule has 0 rings (SSSR count). The number of nitrogens with one attached hydrogen (secondary N) is 2. The number of unbranched alkanes of at least 4 members (excludes halogenated alkanes) is 9. The summed E-state index contributed by atoms with van der Waals surface area (Å²) >= 11 is 0. The van der Waals surface area contributed by atoms with E-state index >= 15 is 0 Å². The zero-order valence-electron chi connectivity index (χ0n) is 13.6. The third kappa shape index (κ3) is 13.5. The Morgan fingerprint density at radius 3 is 1.86 bits per heavy atom. The summed E-state index contributed by atoms with van der Waals surface area (Å²) in [6, 6.07) is -1.25. The van der Waals surface area contributed by atoms with E-state index in [-0.39, 0.29) is 0 Å². The topological polar surface area (TPSA) is 78.4 Å². The Labute approximate surface area is 128 Å². The molecule has 21 heavy (non-hydrogen) atoms. The van der Waals surface area contributed by atoms with Gasteiger partial charge in [0.1, 0.15) is 6.04 Å². The van der Waals surface area contributed by atoms with Crippen molar-refractivity contribution in [3.8, 4) is 0 Å². The molecule has 0 saturated heterocycles. The number of hydrogen-bond donors (Lipinski definition) is 3. The zero-order chi connectivity index (χ0) is 15.9. The van der Waals surface area contributed by atoms with E-state index in [1.807, 2.05) is 0 Å². The third-order valence-corrected chi connectivity index (χ3v) is 3.53. The summed E-state index contributed by atoms with van der Waals surface area (Å²) in [4.78, 5) is 21.9. The van der Waals surface area contributed by atoms with Crippen LogP contribution in [0.15, 0.2) is 0 Å². The van der Waals surface area contributed by atoms with Crippen molar-refractivity contribution in [1.82, 2.24) is 10.6 Å². The second-order valence-corrected chi connectivity index (χ2v) is 5.64. The van der Waals surface area contributed by atoms with Crippen molar-refractivity contribution in [3.63, 3.8) is 0 Å². The monoisotopic (exact) mass is 300 g/mol. The molecule has 0 unspecified atom stereocenters. The van der Waals surface area contributed by atoms with Gasteiger partial charge in [-0.05, 0) is 13.3 Å². The predicted molar refractivity (Wildman–Crippen MR) is 85.5 cm³/mol. The van der Waals surface area contributed by atoms with Crippen LogP contribution in [0, 0.1) is 0 Å². The van der Waals surface area contributed by atoms with Crippen molar-refractivity contribution in [2.45, 2.75) is 84.1 Å². The number of hydrogen-bond acceptors (Lipinski definition) is 2. The number of carboxylic acids is 1. The maximum absolute atomic E-state index is 11.3. The van der Waals surface area contributed by atoms with Crippen LogP contribution in [0.2, 0.25) is 0 Å². The minimum absolute atomic E-state index is 0.402. The van der Waals surface area contributed by atoms with E-state index in [0.717, 1.165) is 12.8 Å². The van der Waals surface area contributed by atoms with Crippen molar-refractivity contribution >= 4 is 12.0 Å². The molecular weight excluding hydrogens is 268 g/mol. The maximum atomic E-state index is 11.3. The Bertz CT molecular complexity index is 283. The van der Waals surface area contributed by atoms with Gasteiger partial charge < -0.3 is 15.7 Å². The van der Waals surface area contributed by atoms with E-state index < -0.39 is 18.0 Å². The lowest BCUT2D eigenvalue weighted by atomic mass is 10.1. The van der Waals surface area contributed by atoms with E-state index in [1.54, 1.807) is 0 Å². The molecule has 0 radical (unpaired) electrons. The van der Waals surface area contributed by atoms with Gasteiger partial charge in [-0.1, -0.05) is 64.7 Å². The van der Waals surface area contributed by atoms with Gasteiger partial charge in [0.25, 0.3) is 0 Å². The van der Waals surface area contributed by atoms with Crippen molar-refractivity contribution in [3.05, 3.63) is 0 Å². The summed E-state index contributed by atoms with van der Waals surface area (Å²) < 4.78 is 0. The summed E-state index contributed by atoms with van der Waals surface area (Å²) in [7, 11) is 0. The first-order valence-corrected chi connectivity index (χ1v) is 8.35. The Morgan fingerprint density at radius 2 is 1.38 bits per heavy atom. The minimum Gasteiger partial charge on any atom is -0.480 e. The second-order valence-electron chi connectivity index (χ2n) is 5.64. The Hall–Kier alpha value is -1.26. The van der Waals surface area contributed by atoms with E-state index in [0.29, 0.717) is 6.54 Å². The Morgan fingerprint density at radius 1 is 0.905 bits per heavy atom. The molecular formula is C16H32N2O3. The van der Waals surface area contributed by atoms with Gasteiger partial charge in [0.2, 0.25) is 0 Å². The highest BCUT2D eigenvalue weighted by Crippen LogP contribution is 2.10. The van der Waals surface area contributed by atoms with Gasteiger partial charge in [0.05, 0.1) is 0 Å². The van der Waals surface area contributed by atoms with Gasteiger partial charge in [-0.2, -0.15) is 0 Å². The third-order valence-electron chi connectivity index (χ3n) is 3.53. The number of carbonyl (C=O) groups excluding carboxylic acids is 1. The first kappa shape index (κ1) is 19.7. The largest absolute Gasteiger partial charge is 0.480 e. The van der Waals surface area contributed by atoms with Crippen molar-refractivity contribution in [2.24, 2.45) is 0 Å². The number of carboxylic acid groups (broad SMARTS) is 1. The maximum Gasteiger partial charge on any atom is 0.325 e. The van der Waals surface area contributed by atoms with Crippen LogP contribution in [-0.2, 0) is 4.79 Å². The average molecular weight is 300 g/mol. The Balaban J connectivity index is 3.25. The fraction of sp³-hybridized carbons (Fsp3) is 0.875. The molecule has 1 atom stereocenters. The highest BCUT2D eigenvalue weighted by Gasteiger charge is 2.12. The van der Waals surface area contributed by atoms with Crippen LogP contribution in [-0.4, -0.2) is 29.7 Å². The van der Waals surface area contributed by atoms with Crippen LogP contribution in [0.1, 0.15) is 78.1 Å². The van der Waals surface area contributed by atoms with E-state index in [9.17, 15) is 9.59 Å². The standard InChI is InChI=1S/C16H32N2O3/c1-3-4-5-6-7-8-9-10-11-12-13-17-16(21)18-14(2)15(19)20/h14H,3-13H2,1-2H3,(H,19,20)(H2,17,18,21)/t14-/m0/s1. The quantitative estimate of drug-likeness (QED) is 0.454. The van der Waals surface area contributed by atoms with Gasteiger partial charge in [-0.3, -0.25) is 4.79 Å². The molecule has 124 valence electrons. The van der Waals surface area contributed by atoms with Crippen molar-refractivity contribution < 1.29 is 14.7 Å². The molecule has 0 aliphatic heterocycles. The van der Waals surface area contributed by atoms with Crippen LogP contribution in [0.4, 0.5) is 4.79 Å². The first-order valence-electron chi connectivity index (χ1n) is 8.35. The van der Waals surface area contributed by atoms with E-state index in [2.05, 4.69) is 17.6 Å². The predicted octanol–water partition coefficient (Wildman–Crippen LogP) is 3.68. The summed E-state index contributed by atoms with van der Waals surface area (Å²) in [5, 5.41) is 13.7. The molecule has 3 N–H and O–H groups in total. The van der Waals surface area contributed by atoms with Crippen molar-refractivity contribution in [1.29, 1.82) is 0 Å². The highest BCUT2D eigenvalue weighted by atomic mass is 16.4. The van der Waals surface area contributed by atoms with Crippen molar-refractivity contribution in [2.75, 3.05) is 6.54 Å². The fourth-order valence-electron chi connectivity index (χ4n) is 2.12. The lowest BCUT2D eigenvalue weighted by Gasteiger charge is -2.10. The summed E-state index contributed by atoms with van der Waals surface area (Å²) in [6.45, 7) is 4.29. The van der Waals surface area contributed by atoms with Gasteiger partial charge in [0, 0.05) is 6.54 Å². The molecule has 0 bridgehead atoms. The molecule has 0 aromatic heterocycles. The van der Waals surface area contributed by atoms with Gasteiger partial charge in [0.15, 0.2) is 0 Å². The number of urea groups is 1. The number of aliphatic carboxylic acids is 1. The van der Waals surface area contributed by atoms with E-state index in [4.69, 9.17) is 5.11 Å². The van der Waals surface area contributed by atoms with Crippen LogP contribution >= 0.6 is 0 Å². The molecule has 5 nitrogen and oxygen atoms in total. The molecule has 5 heteroatoms. The van der Waals surface area contributed by atoms with Gasteiger partial charge >= 0.3 is 12.0 Å². The van der Waals surface area contributed by atoms with Crippen LogP contribution < -0.4 is 10.6 Å². The number of carbonyl (C=O) groups is 2. The number of amides is 2. The Kier molecular flexibility index (Phi) is 12.9. The minimum atomic E-state index is -1.02. The SMILES string of the molecule is CCCCCCCCCCCCNC(=O)N[C@@H](C)C(=O)O. The first-order chi connectivity index (χ1) is 10.1. The smallest absolute Gasteiger partial charge is 0.325 e. The summed E-state index contributed by atoms with van der Waals surface area (Å²) in [5.41, 5.74) is 0.